The number of nitrogens with zero attached hydrogens (tertiary/aromatic N) is 2. The van der Waals surface area contributed by atoms with Crippen LogP contribution in [0.1, 0.15) is 38.9 Å². The van der Waals surface area contributed by atoms with Gasteiger partial charge in [-0.25, -0.2) is 9.97 Å². The van der Waals surface area contributed by atoms with Crippen molar-refractivity contribution in [1.29, 1.82) is 0 Å². The molecule has 0 bridgehead atoms. The van der Waals surface area contributed by atoms with Gasteiger partial charge in [-0.1, -0.05) is 6.92 Å². The van der Waals surface area contributed by atoms with E-state index in [0.29, 0.717) is 13.1 Å². The molecule has 0 aromatic carbocycles. The maximum Gasteiger partial charge on any atom is 0.223 e. The van der Waals surface area contributed by atoms with Crippen molar-refractivity contribution in [2.24, 2.45) is 5.92 Å². The number of carbonyl (C=O) groups excluding carboxylic acids is 1. The van der Waals surface area contributed by atoms with Crippen molar-refractivity contribution in [2.45, 2.75) is 39.5 Å². The van der Waals surface area contributed by atoms with E-state index in [-0.39, 0.29) is 11.8 Å². The molecular formula is C15H25N5O. The number of aromatic nitrogens is 2. The van der Waals surface area contributed by atoms with Gasteiger partial charge < -0.3 is 16.0 Å². The topological polar surface area (TPSA) is 78.9 Å². The van der Waals surface area contributed by atoms with Crippen molar-refractivity contribution in [3.05, 3.63) is 11.9 Å². The van der Waals surface area contributed by atoms with Crippen LogP contribution in [0.5, 0.6) is 0 Å². The summed E-state index contributed by atoms with van der Waals surface area (Å²) in [5.41, 5.74) is 0. The van der Waals surface area contributed by atoms with Crippen LogP contribution in [0.2, 0.25) is 0 Å². The summed E-state index contributed by atoms with van der Waals surface area (Å²) < 4.78 is 0. The molecular weight excluding hydrogens is 266 g/mol. The summed E-state index contributed by atoms with van der Waals surface area (Å²) in [6, 6.07) is 1.91. The van der Waals surface area contributed by atoms with E-state index in [1.54, 1.807) is 0 Å². The van der Waals surface area contributed by atoms with E-state index in [1.807, 2.05) is 13.0 Å². The Morgan fingerprint density at radius 3 is 2.52 bits per heavy atom. The van der Waals surface area contributed by atoms with Crippen molar-refractivity contribution < 1.29 is 4.79 Å². The average molecular weight is 291 g/mol. The predicted octanol–water partition coefficient (Wildman–Crippen LogP) is 1.80. The van der Waals surface area contributed by atoms with Crippen LogP contribution < -0.4 is 16.0 Å². The predicted molar refractivity (Wildman–Crippen MR) is 84.4 cm³/mol. The number of rotatable bonds is 9. The quantitative estimate of drug-likeness (QED) is 0.605. The zero-order chi connectivity index (χ0) is 15.1. The first-order valence-corrected chi connectivity index (χ1v) is 7.86. The highest BCUT2D eigenvalue weighted by Crippen LogP contribution is 2.28. The molecule has 21 heavy (non-hydrogen) atoms. The Bertz CT molecular complexity index is 449. The van der Waals surface area contributed by atoms with Crippen LogP contribution in [-0.4, -0.2) is 35.5 Å². The lowest BCUT2D eigenvalue weighted by atomic mass is 10.3. The number of nitrogens with one attached hydrogen (secondary N) is 3. The third kappa shape index (κ3) is 5.21. The Morgan fingerprint density at radius 2 is 1.90 bits per heavy atom. The van der Waals surface area contributed by atoms with Crippen molar-refractivity contribution >= 4 is 17.5 Å². The monoisotopic (exact) mass is 291 g/mol. The lowest BCUT2D eigenvalue weighted by Crippen LogP contribution is -2.30. The van der Waals surface area contributed by atoms with E-state index in [2.05, 4.69) is 32.8 Å². The maximum atomic E-state index is 11.5. The lowest BCUT2D eigenvalue weighted by molar-refractivity contribution is -0.122. The van der Waals surface area contributed by atoms with Gasteiger partial charge in [-0.05, 0) is 26.2 Å². The van der Waals surface area contributed by atoms with Crippen LogP contribution in [0.3, 0.4) is 0 Å². The van der Waals surface area contributed by atoms with Gasteiger partial charge in [0.15, 0.2) is 0 Å². The van der Waals surface area contributed by atoms with Gasteiger partial charge in [-0.3, -0.25) is 4.79 Å². The Kier molecular flexibility index (Phi) is 5.78. The van der Waals surface area contributed by atoms with Crippen molar-refractivity contribution in [3.8, 4) is 0 Å². The van der Waals surface area contributed by atoms with E-state index in [1.165, 1.54) is 0 Å². The molecule has 1 amide bonds. The van der Waals surface area contributed by atoms with Gasteiger partial charge in [0.05, 0.1) is 0 Å². The van der Waals surface area contributed by atoms with Crippen LogP contribution in [0, 0.1) is 5.92 Å². The molecule has 116 valence electrons. The van der Waals surface area contributed by atoms with Gasteiger partial charge in [0.2, 0.25) is 5.91 Å². The van der Waals surface area contributed by atoms with E-state index in [4.69, 9.17) is 0 Å². The van der Waals surface area contributed by atoms with Crippen LogP contribution in [0.25, 0.3) is 0 Å². The molecule has 3 N–H and O–H groups in total. The minimum absolute atomic E-state index is 0.180. The fraction of sp³-hybridized carbons (Fsp3) is 0.667. The van der Waals surface area contributed by atoms with E-state index < -0.39 is 0 Å². The molecule has 1 aromatic rings. The second-order valence-electron chi connectivity index (χ2n) is 5.33. The smallest absolute Gasteiger partial charge is 0.223 e. The molecule has 1 aliphatic rings. The van der Waals surface area contributed by atoms with Crippen LogP contribution in [-0.2, 0) is 11.2 Å². The highest BCUT2D eigenvalue weighted by Gasteiger charge is 2.28. The second kappa shape index (κ2) is 7.81. The number of hydrogen-bond acceptors (Lipinski definition) is 5. The Hall–Kier alpha value is -1.85. The molecule has 0 saturated heterocycles. The second-order valence-corrected chi connectivity index (χ2v) is 5.33. The summed E-state index contributed by atoms with van der Waals surface area (Å²) in [5, 5.41) is 9.40. The van der Waals surface area contributed by atoms with Crippen LogP contribution >= 0.6 is 0 Å². The normalized spacial score (nSPS) is 13.8. The molecule has 0 atom stereocenters. The molecule has 0 aliphatic heterocycles. The zero-order valence-electron chi connectivity index (χ0n) is 12.9. The van der Waals surface area contributed by atoms with Gasteiger partial charge in [0.25, 0.3) is 0 Å². The molecule has 1 fully saturated rings. The number of anilines is 2. The molecule has 0 spiro atoms. The molecule has 6 heteroatoms. The first kappa shape index (κ1) is 15.5. The molecule has 1 aromatic heterocycles. The molecule has 1 heterocycles. The molecule has 1 saturated carbocycles. The highest BCUT2D eigenvalue weighted by molar-refractivity contribution is 5.80. The Labute approximate surface area is 126 Å². The fourth-order valence-electron chi connectivity index (χ4n) is 2.06. The minimum Gasteiger partial charge on any atom is -0.370 e. The third-order valence-corrected chi connectivity index (χ3v) is 3.28. The molecule has 0 unspecified atom stereocenters. The van der Waals surface area contributed by atoms with Crippen LogP contribution in [0.4, 0.5) is 11.6 Å². The SMILES string of the molecule is CCCc1nc(NCC)cc(NCCNC(=O)C2CC2)n1. The van der Waals surface area contributed by atoms with Crippen molar-refractivity contribution in [1.82, 2.24) is 15.3 Å². The fourth-order valence-corrected chi connectivity index (χ4v) is 2.06. The van der Waals surface area contributed by atoms with Crippen molar-refractivity contribution in [3.63, 3.8) is 0 Å². The van der Waals surface area contributed by atoms with Gasteiger partial charge >= 0.3 is 0 Å². The Morgan fingerprint density at radius 1 is 1.19 bits per heavy atom. The number of hydrogen-bond donors (Lipinski definition) is 3. The summed E-state index contributed by atoms with van der Waals surface area (Å²) in [5.74, 6) is 2.95. The van der Waals surface area contributed by atoms with Gasteiger partial charge in [-0.15, -0.1) is 0 Å². The summed E-state index contributed by atoms with van der Waals surface area (Å²) in [4.78, 5) is 20.5. The summed E-state index contributed by atoms with van der Waals surface area (Å²) >= 11 is 0. The first-order chi connectivity index (χ1) is 10.2. The van der Waals surface area contributed by atoms with Gasteiger partial charge in [0, 0.05) is 38.0 Å². The van der Waals surface area contributed by atoms with E-state index in [0.717, 1.165) is 49.7 Å². The van der Waals surface area contributed by atoms with E-state index in [9.17, 15) is 4.79 Å². The number of amides is 1. The number of carbonyl (C=O) groups is 1. The lowest BCUT2D eigenvalue weighted by Gasteiger charge is -2.11. The van der Waals surface area contributed by atoms with E-state index >= 15 is 0 Å². The largest absolute Gasteiger partial charge is 0.370 e. The first-order valence-electron chi connectivity index (χ1n) is 7.86. The van der Waals surface area contributed by atoms with Gasteiger partial charge in [0.1, 0.15) is 17.5 Å². The third-order valence-electron chi connectivity index (χ3n) is 3.28. The van der Waals surface area contributed by atoms with Gasteiger partial charge in [-0.2, -0.15) is 0 Å². The average Bonchev–Trinajstić information content (AvgIpc) is 3.28. The number of aryl methyl sites for hydroxylation is 1. The Balaban J connectivity index is 1.83. The maximum absolute atomic E-state index is 11.5. The molecule has 2 rings (SSSR count). The molecule has 6 nitrogen and oxygen atoms in total. The highest BCUT2D eigenvalue weighted by atomic mass is 16.2. The molecule has 1 aliphatic carbocycles. The standard InChI is InChI=1S/C15H25N5O/c1-3-5-12-19-13(16-4-2)10-14(20-12)17-8-9-18-15(21)11-6-7-11/h10-11H,3-9H2,1-2H3,(H,18,21)(H2,16,17,19,20). The van der Waals surface area contributed by atoms with Crippen LogP contribution in [0.15, 0.2) is 6.07 Å². The summed E-state index contributed by atoms with van der Waals surface area (Å²) in [7, 11) is 0. The minimum atomic E-state index is 0.180. The zero-order valence-corrected chi connectivity index (χ0v) is 12.9. The molecule has 0 radical (unpaired) electrons. The van der Waals surface area contributed by atoms with Crippen molar-refractivity contribution in [2.75, 3.05) is 30.3 Å². The summed E-state index contributed by atoms with van der Waals surface area (Å²) in [6.07, 6.45) is 3.97. The summed E-state index contributed by atoms with van der Waals surface area (Å²) in [6.45, 7) is 6.29.